The van der Waals surface area contributed by atoms with E-state index in [2.05, 4.69) is 10.5 Å². The molecule has 1 N–H and O–H groups in total. The Kier molecular flexibility index (Phi) is 6.20. The van der Waals surface area contributed by atoms with E-state index in [4.69, 9.17) is 9.26 Å². The van der Waals surface area contributed by atoms with Crippen LogP contribution in [0.4, 0.5) is 4.39 Å². The van der Waals surface area contributed by atoms with Crippen LogP contribution in [-0.4, -0.2) is 48.8 Å². The molecule has 0 bridgehead atoms. The van der Waals surface area contributed by atoms with Gasteiger partial charge in [-0.1, -0.05) is 5.16 Å². The summed E-state index contributed by atoms with van der Waals surface area (Å²) in [7, 11) is 0. The Morgan fingerprint density at radius 2 is 2.28 bits per heavy atom. The van der Waals surface area contributed by atoms with Crippen molar-refractivity contribution in [2.75, 3.05) is 32.8 Å². The summed E-state index contributed by atoms with van der Waals surface area (Å²) in [5.41, 5.74) is 0.822. The lowest BCUT2D eigenvalue weighted by molar-refractivity contribution is -0.138. The Hall–Kier alpha value is -1.73. The summed E-state index contributed by atoms with van der Waals surface area (Å²) in [6, 6.07) is 1.88. The molecule has 0 aliphatic carbocycles. The van der Waals surface area contributed by atoms with E-state index in [0.29, 0.717) is 39.3 Å². The number of carbonyl (C=O) groups excluding carboxylic acids is 1. The second-order valence-electron chi connectivity index (χ2n) is 6.82. The minimum atomic E-state index is -0.212. The van der Waals surface area contributed by atoms with Crippen molar-refractivity contribution in [2.24, 2.45) is 11.8 Å². The largest absolute Gasteiger partial charge is 0.381 e. The number of carbonyl (C=O) groups is 1. The minimum absolute atomic E-state index is 0.0407. The van der Waals surface area contributed by atoms with E-state index in [-0.39, 0.29) is 30.1 Å². The minimum Gasteiger partial charge on any atom is -0.381 e. The molecule has 1 saturated heterocycles. The second kappa shape index (κ2) is 8.58. The molecule has 25 heavy (non-hydrogen) atoms. The Labute approximate surface area is 147 Å². The molecule has 7 heteroatoms. The Balaban J connectivity index is 1.61. The van der Waals surface area contributed by atoms with Crippen molar-refractivity contribution in [1.82, 2.24) is 15.4 Å². The van der Waals surface area contributed by atoms with E-state index in [1.165, 1.54) is 0 Å². The van der Waals surface area contributed by atoms with Gasteiger partial charge in [-0.05, 0) is 38.2 Å². The summed E-state index contributed by atoms with van der Waals surface area (Å²) in [5, 5.41) is 7.28. The third-order valence-electron chi connectivity index (χ3n) is 4.92. The number of nitrogens with one attached hydrogen (secondary N) is 1. The maximum absolute atomic E-state index is 13.6. The topological polar surface area (TPSA) is 67.6 Å². The molecule has 2 aliphatic rings. The van der Waals surface area contributed by atoms with Gasteiger partial charge >= 0.3 is 0 Å². The van der Waals surface area contributed by atoms with Crippen molar-refractivity contribution >= 4 is 5.91 Å². The standard InChI is InChI=1S/C18H26FN3O3/c1-13-9-16(21-25-13)10-20-11-17(14-4-7-24-8-5-14)18(23)22-6-2-3-15(19)12-22/h3,9,14,17,20H,2,4-8,10-12H2,1H3. The first-order valence-corrected chi connectivity index (χ1v) is 8.97. The molecule has 0 radical (unpaired) electrons. The zero-order valence-corrected chi connectivity index (χ0v) is 14.7. The van der Waals surface area contributed by atoms with Gasteiger partial charge in [-0.2, -0.15) is 0 Å². The van der Waals surface area contributed by atoms with Crippen LogP contribution in [0.2, 0.25) is 0 Å². The summed E-state index contributed by atoms with van der Waals surface area (Å²) in [6.07, 6.45) is 3.89. The highest BCUT2D eigenvalue weighted by Gasteiger charge is 2.33. The van der Waals surface area contributed by atoms with E-state index in [1.54, 1.807) is 11.0 Å². The summed E-state index contributed by atoms with van der Waals surface area (Å²) >= 11 is 0. The van der Waals surface area contributed by atoms with Gasteiger partial charge in [0.25, 0.3) is 0 Å². The number of aromatic nitrogens is 1. The number of nitrogens with zero attached hydrogens (tertiary/aromatic N) is 2. The molecule has 138 valence electrons. The number of ether oxygens (including phenoxy) is 1. The summed E-state index contributed by atoms with van der Waals surface area (Å²) in [5.74, 6) is 0.698. The number of aryl methyl sites for hydroxylation is 1. The van der Waals surface area contributed by atoms with Gasteiger partial charge in [0.05, 0.1) is 18.2 Å². The van der Waals surface area contributed by atoms with Crippen LogP contribution >= 0.6 is 0 Å². The van der Waals surface area contributed by atoms with E-state index in [0.717, 1.165) is 24.3 Å². The molecule has 0 saturated carbocycles. The Bertz CT molecular complexity index is 610. The van der Waals surface area contributed by atoms with E-state index < -0.39 is 0 Å². The lowest BCUT2D eigenvalue weighted by Crippen LogP contribution is -2.46. The fourth-order valence-electron chi connectivity index (χ4n) is 3.56. The average molecular weight is 351 g/mol. The molecule has 6 nitrogen and oxygen atoms in total. The third kappa shape index (κ3) is 4.89. The molecule has 1 atom stereocenters. The normalized spacial score (nSPS) is 20.4. The van der Waals surface area contributed by atoms with Crippen molar-refractivity contribution in [1.29, 1.82) is 0 Å². The van der Waals surface area contributed by atoms with Crippen LogP contribution in [0.25, 0.3) is 0 Å². The molecule has 3 rings (SSSR count). The van der Waals surface area contributed by atoms with Gasteiger partial charge in [0.1, 0.15) is 11.6 Å². The molecule has 1 amide bonds. The second-order valence-corrected chi connectivity index (χ2v) is 6.82. The summed E-state index contributed by atoms with van der Waals surface area (Å²) in [4.78, 5) is 14.7. The molecule has 1 aromatic heterocycles. The van der Waals surface area contributed by atoms with E-state index in [1.807, 2.05) is 13.0 Å². The lowest BCUT2D eigenvalue weighted by Gasteiger charge is -2.34. The third-order valence-corrected chi connectivity index (χ3v) is 4.92. The fraction of sp³-hybridized carbons (Fsp3) is 0.667. The maximum atomic E-state index is 13.6. The van der Waals surface area contributed by atoms with Crippen LogP contribution in [-0.2, 0) is 16.1 Å². The molecule has 1 unspecified atom stereocenters. The van der Waals surface area contributed by atoms with Gasteiger partial charge in [0.15, 0.2) is 0 Å². The quantitative estimate of drug-likeness (QED) is 0.851. The Morgan fingerprint density at radius 1 is 1.48 bits per heavy atom. The smallest absolute Gasteiger partial charge is 0.227 e. The van der Waals surface area contributed by atoms with Gasteiger partial charge in [-0.25, -0.2) is 4.39 Å². The first kappa shape index (κ1) is 18.1. The van der Waals surface area contributed by atoms with Crippen LogP contribution in [0.3, 0.4) is 0 Å². The number of hydrogen-bond acceptors (Lipinski definition) is 5. The molecule has 3 heterocycles. The first-order valence-electron chi connectivity index (χ1n) is 8.97. The van der Waals surface area contributed by atoms with Crippen molar-refractivity contribution in [3.63, 3.8) is 0 Å². The van der Waals surface area contributed by atoms with Gasteiger partial charge in [0.2, 0.25) is 5.91 Å². The zero-order valence-electron chi connectivity index (χ0n) is 14.7. The molecule has 2 aliphatic heterocycles. The van der Waals surface area contributed by atoms with Crippen LogP contribution in [0.15, 0.2) is 22.5 Å². The van der Waals surface area contributed by atoms with Crippen LogP contribution in [0, 0.1) is 18.8 Å². The van der Waals surface area contributed by atoms with Gasteiger partial charge in [-0.3, -0.25) is 4.79 Å². The van der Waals surface area contributed by atoms with Crippen molar-refractivity contribution in [3.8, 4) is 0 Å². The van der Waals surface area contributed by atoms with E-state index in [9.17, 15) is 9.18 Å². The van der Waals surface area contributed by atoms with Crippen molar-refractivity contribution in [3.05, 3.63) is 29.4 Å². The number of hydrogen-bond donors (Lipinski definition) is 1. The lowest BCUT2D eigenvalue weighted by atomic mass is 9.84. The molecule has 0 aromatic carbocycles. The average Bonchev–Trinajstić information content (AvgIpc) is 3.04. The molecular weight excluding hydrogens is 325 g/mol. The number of amides is 1. The zero-order chi connectivity index (χ0) is 17.6. The molecule has 1 fully saturated rings. The summed E-state index contributed by atoms with van der Waals surface area (Å²) in [6.45, 7) is 5.02. The predicted molar refractivity (Wildman–Crippen MR) is 90.4 cm³/mol. The monoisotopic (exact) mass is 351 g/mol. The van der Waals surface area contributed by atoms with Crippen LogP contribution < -0.4 is 5.32 Å². The Morgan fingerprint density at radius 3 is 2.96 bits per heavy atom. The highest BCUT2D eigenvalue weighted by Crippen LogP contribution is 2.26. The number of rotatable bonds is 6. The van der Waals surface area contributed by atoms with Gasteiger partial charge in [0, 0.05) is 38.9 Å². The first-order chi connectivity index (χ1) is 12.1. The molecular formula is C18H26FN3O3. The molecule has 1 aromatic rings. The van der Waals surface area contributed by atoms with Crippen LogP contribution in [0.1, 0.15) is 30.7 Å². The van der Waals surface area contributed by atoms with Crippen molar-refractivity contribution in [2.45, 2.75) is 32.7 Å². The fourth-order valence-corrected chi connectivity index (χ4v) is 3.56. The molecule has 0 spiro atoms. The van der Waals surface area contributed by atoms with Crippen molar-refractivity contribution < 1.29 is 18.4 Å². The highest BCUT2D eigenvalue weighted by atomic mass is 19.1. The van der Waals surface area contributed by atoms with E-state index >= 15 is 0 Å². The number of halogens is 1. The van der Waals surface area contributed by atoms with Crippen LogP contribution in [0.5, 0.6) is 0 Å². The highest BCUT2D eigenvalue weighted by molar-refractivity contribution is 5.79. The van der Waals surface area contributed by atoms with Gasteiger partial charge in [-0.15, -0.1) is 0 Å². The van der Waals surface area contributed by atoms with Gasteiger partial charge < -0.3 is 19.5 Å². The summed E-state index contributed by atoms with van der Waals surface area (Å²) < 4.78 is 24.1. The predicted octanol–water partition coefficient (Wildman–Crippen LogP) is 2.20. The SMILES string of the molecule is Cc1cc(CNCC(C(=O)N2CCC=C(F)C2)C2CCOCC2)no1. The maximum Gasteiger partial charge on any atom is 0.227 e.